The number of carboxylic acids is 1. The van der Waals surface area contributed by atoms with Crippen LogP contribution in [0.2, 0.25) is 0 Å². The summed E-state index contributed by atoms with van der Waals surface area (Å²) in [4.78, 5) is 26.2. The third kappa shape index (κ3) is 4.19. The van der Waals surface area contributed by atoms with Crippen LogP contribution in [0.15, 0.2) is 54.6 Å². The smallest absolute Gasteiger partial charge is 0.312 e. The van der Waals surface area contributed by atoms with E-state index >= 15 is 0 Å². The zero-order valence-corrected chi connectivity index (χ0v) is 15.5. The number of carbonyl (C=O) groups is 2. The summed E-state index contributed by atoms with van der Waals surface area (Å²) in [7, 11) is 0. The third-order valence-electron chi connectivity index (χ3n) is 5.48. The molecule has 2 aromatic rings. The van der Waals surface area contributed by atoms with Crippen molar-refractivity contribution in [2.24, 2.45) is 5.41 Å². The monoisotopic (exact) mass is 367 g/mol. The van der Waals surface area contributed by atoms with Gasteiger partial charge >= 0.3 is 5.97 Å². The fourth-order valence-corrected chi connectivity index (χ4v) is 3.69. The Morgan fingerprint density at radius 2 is 1.74 bits per heavy atom. The SMILES string of the molecule is Cc1ccc(CC(=O)N2CC[C@](Cc3ccccc3)(C(=O)O)C(O)C2)cc1. The van der Waals surface area contributed by atoms with E-state index in [0.717, 1.165) is 16.7 Å². The van der Waals surface area contributed by atoms with Crippen molar-refractivity contribution >= 4 is 11.9 Å². The first-order valence-corrected chi connectivity index (χ1v) is 9.19. The molecule has 0 saturated carbocycles. The number of aliphatic hydroxyl groups excluding tert-OH is 1. The topological polar surface area (TPSA) is 77.8 Å². The minimum Gasteiger partial charge on any atom is -0.481 e. The largest absolute Gasteiger partial charge is 0.481 e. The van der Waals surface area contributed by atoms with E-state index in [1.807, 2.05) is 61.5 Å². The van der Waals surface area contributed by atoms with Gasteiger partial charge in [-0.1, -0.05) is 60.2 Å². The first-order chi connectivity index (χ1) is 12.9. The third-order valence-corrected chi connectivity index (χ3v) is 5.48. The molecule has 2 atom stereocenters. The molecule has 1 aliphatic rings. The van der Waals surface area contributed by atoms with Gasteiger partial charge in [0.1, 0.15) is 5.41 Å². The summed E-state index contributed by atoms with van der Waals surface area (Å²) in [6.45, 7) is 2.37. The van der Waals surface area contributed by atoms with Crippen molar-refractivity contribution in [2.75, 3.05) is 13.1 Å². The van der Waals surface area contributed by atoms with Crippen LogP contribution in [0.3, 0.4) is 0 Å². The molecule has 1 amide bonds. The van der Waals surface area contributed by atoms with Crippen molar-refractivity contribution in [3.8, 4) is 0 Å². The van der Waals surface area contributed by atoms with E-state index in [-0.39, 0.29) is 31.7 Å². The Balaban J connectivity index is 1.70. The molecule has 5 heteroatoms. The molecule has 0 bridgehead atoms. The van der Waals surface area contributed by atoms with Gasteiger partial charge in [0.2, 0.25) is 5.91 Å². The number of hydrogen-bond donors (Lipinski definition) is 2. The number of piperidine rings is 1. The molecule has 1 unspecified atom stereocenters. The number of likely N-dealkylation sites (tertiary alicyclic amines) is 1. The quantitative estimate of drug-likeness (QED) is 0.851. The maximum Gasteiger partial charge on any atom is 0.312 e. The van der Waals surface area contributed by atoms with Crippen LogP contribution in [0.4, 0.5) is 0 Å². The van der Waals surface area contributed by atoms with E-state index in [0.29, 0.717) is 6.54 Å². The van der Waals surface area contributed by atoms with E-state index in [1.54, 1.807) is 4.90 Å². The maximum atomic E-state index is 12.6. The Hall–Kier alpha value is -2.66. The Morgan fingerprint density at radius 1 is 1.07 bits per heavy atom. The van der Waals surface area contributed by atoms with Gasteiger partial charge in [-0.15, -0.1) is 0 Å². The van der Waals surface area contributed by atoms with E-state index in [2.05, 4.69) is 0 Å². The lowest BCUT2D eigenvalue weighted by molar-refractivity contribution is -0.165. The highest BCUT2D eigenvalue weighted by Gasteiger charge is 2.49. The number of hydrogen-bond acceptors (Lipinski definition) is 3. The molecule has 27 heavy (non-hydrogen) atoms. The van der Waals surface area contributed by atoms with Gasteiger partial charge in [0.15, 0.2) is 0 Å². The highest BCUT2D eigenvalue weighted by molar-refractivity contribution is 5.80. The number of carbonyl (C=O) groups excluding carboxylic acids is 1. The van der Waals surface area contributed by atoms with Crippen LogP contribution in [-0.4, -0.2) is 46.2 Å². The number of β-amino-alcohol motifs (C(OH)–C–C–N with tert-alkyl or cyclic N) is 1. The molecule has 1 aliphatic heterocycles. The van der Waals surface area contributed by atoms with Crippen LogP contribution in [-0.2, 0) is 22.4 Å². The summed E-state index contributed by atoms with van der Waals surface area (Å²) >= 11 is 0. The summed E-state index contributed by atoms with van der Waals surface area (Å²) in [6, 6.07) is 17.1. The summed E-state index contributed by atoms with van der Waals surface area (Å²) in [5.74, 6) is -1.10. The normalized spacial score (nSPS) is 22.4. The second kappa shape index (κ2) is 7.92. The van der Waals surface area contributed by atoms with Gasteiger partial charge in [-0.2, -0.15) is 0 Å². The van der Waals surface area contributed by atoms with Crippen LogP contribution in [0.25, 0.3) is 0 Å². The minimum absolute atomic E-state index is 0.0455. The van der Waals surface area contributed by atoms with Crippen molar-refractivity contribution in [1.82, 2.24) is 4.90 Å². The fraction of sp³-hybridized carbons (Fsp3) is 0.364. The highest BCUT2D eigenvalue weighted by atomic mass is 16.4. The van der Waals surface area contributed by atoms with Crippen LogP contribution in [0.5, 0.6) is 0 Å². The lowest BCUT2D eigenvalue weighted by Gasteiger charge is -2.43. The molecule has 5 nitrogen and oxygen atoms in total. The average Bonchev–Trinajstić information content (AvgIpc) is 2.66. The number of aliphatic hydroxyl groups is 1. The predicted octanol–water partition coefficient (Wildman–Crippen LogP) is 2.44. The van der Waals surface area contributed by atoms with Crippen molar-refractivity contribution in [3.63, 3.8) is 0 Å². The molecule has 1 saturated heterocycles. The highest BCUT2D eigenvalue weighted by Crippen LogP contribution is 2.36. The summed E-state index contributed by atoms with van der Waals surface area (Å²) in [6.07, 6.45) is -0.361. The van der Waals surface area contributed by atoms with Crippen LogP contribution in [0.1, 0.15) is 23.1 Å². The van der Waals surface area contributed by atoms with E-state index < -0.39 is 17.5 Å². The molecule has 142 valence electrons. The molecule has 1 fully saturated rings. The molecular formula is C22H25NO4. The minimum atomic E-state index is -1.26. The van der Waals surface area contributed by atoms with Crippen molar-refractivity contribution in [2.45, 2.75) is 32.3 Å². The first-order valence-electron chi connectivity index (χ1n) is 9.19. The lowest BCUT2D eigenvalue weighted by atomic mass is 9.71. The number of carboxylic acid groups (broad SMARTS) is 1. The van der Waals surface area contributed by atoms with Crippen molar-refractivity contribution in [1.29, 1.82) is 0 Å². The van der Waals surface area contributed by atoms with Gasteiger partial charge in [-0.25, -0.2) is 0 Å². The molecule has 0 aromatic heterocycles. The van der Waals surface area contributed by atoms with Crippen molar-refractivity contribution in [3.05, 3.63) is 71.3 Å². The second-order valence-corrected chi connectivity index (χ2v) is 7.39. The predicted molar refractivity (Wildman–Crippen MR) is 102 cm³/mol. The molecule has 0 radical (unpaired) electrons. The van der Waals surface area contributed by atoms with Gasteiger partial charge in [-0.3, -0.25) is 9.59 Å². The Labute approximate surface area is 159 Å². The zero-order valence-electron chi connectivity index (χ0n) is 15.5. The molecule has 2 N–H and O–H groups in total. The molecule has 0 spiro atoms. The molecule has 3 rings (SSSR count). The zero-order chi connectivity index (χ0) is 19.4. The summed E-state index contributed by atoms with van der Waals surface area (Å²) < 4.78 is 0. The Morgan fingerprint density at radius 3 is 2.33 bits per heavy atom. The van der Waals surface area contributed by atoms with Crippen molar-refractivity contribution < 1.29 is 19.8 Å². The molecule has 0 aliphatic carbocycles. The van der Waals surface area contributed by atoms with E-state index in [9.17, 15) is 19.8 Å². The van der Waals surface area contributed by atoms with Crippen LogP contribution in [0, 0.1) is 12.3 Å². The number of amides is 1. The lowest BCUT2D eigenvalue weighted by Crippen LogP contribution is -2.57. The summed E-state index contributed by atoms with van der Waals surface area (Å²) in [5, 5.41) is 20.5. The maximum absolute atomic E-state index is 12.6. The Bertz CT molecular complexity index is 803. The van der Waals surface area contributed by atoms with Crippen LogP contribution >= 0.6 is 0 Å². The second-order valence-electron chi connectivity index (χ2n) is 7.39. The van der Waals surface area contributed by atoms with Gasteiger partial charge in [0, 0.05) is 13.1 Å². The first kappa shape index (κ1) is 19.1. The Kier molecular flexibility index (Phi) is 5.61. The number of aryl methyl sites for hydroxylation is 1. The standard InChI is InChI=1S/C22H25NO4/c1-16-7-9-17(10-8-16)13-20(25)23-12-11-22(21(26)27,19(24)15-23)14-18-5-3-2-4-6-18/h2-10,19,24H,11-15H2,1H3,(H,26,27)/t19?,22-/m1/s1. The van der Waals surface area contributed by atoms with E-state index in [4.69, 9.17) is 0 Å². The van der Waals surface area contributed by atoms with Gasteiger partial charge < -0.3 is 15.1 Å². The number of rotatable bonds is 5. The average molecular weight is 367 g/mol. The van der Waals surface area contributed by atoms with Gasteiger partial charge in [-0.05, 0) is 30.9 Å². The van der Waals surface area contributed by atoms with Crippen LogP contribution < -0.4 is 0 Å². The van der Waals surface area contributed by atoms with Gasteiger partial charge in [0.25, 0.3) is 0 Å². The molecule has 2 aromatic carbocycles. The van der Waals surface area contributed by atoms with E-state index in [1.165, 1.54) is 0 Å². The number of benzene rings is 2. The molecular weight excluding hydrogens is 342 g/mol. The number of aliphatic carboxylic acids is 1. The van der Waals surface area contributed by atoms with Gasteiger partial charge in [0.05, 0.1) is 12.5 Å². The molecule has 1 heterocycles. The fourth-order valence-electron chi connectivity index (χ4n) is 3.69. The number of nitrogens with zero attached hydrogens (tertiary/aromatic N) is 1. The summed E-state index contributed by atoms with van der Waals surface area (Å²) in [5.41, 5.74) is 1.66.